The molecule has 0 radical (unpaired) electrons. The van der Waals surface area contributed by atoms with Crippen molar-refractivity contribution in [3.05, 3.63) is 71.8 Å². The van der Waals surface area contributed by atoms with E-state index in [0.29, 0.717) is 35.5 Å². The van der Waals surface area contributed by atoms with E-state index in [4.69, 9.17) is 9.05 Å². The predicted octanol–water partition coefficient (Wildman–Crippen LogP) is 10.2. The normalized spacial score (nSPS) is 30.6. The summed E-state index contributed by atoms with van der Waals surface area (Å²) >= 11 is 0. The summed E-state index contributed by atoms with van der Waals surface area (Å²) in [5.74, 6) is 2.24. The van der Waals surface area contributed by atoms with Gasteiger partial charge < -0.3 is 9.05 Å². The van der Waals surface area contributed by atoms with Crippen LogP contribution in [0.15, 0.2) is 60.7 Å². The first kappa shape index (κ1) is 31.5. The molecule has 40 heavy (non-hydrogen) atoms. The lowest BCUT2D eigenvalue weighted by atomic mass is 9.75. The van der Waals surface area contributed by atoms with Crippen molar-refractivity contribution in [2.24, 2.45) is 35.5 Å². The van der Waals surface area contributed by atoms with Gasteiger partial charge in [0.25, 0.3) is 0 Å². The molecule has 2 saturated carbocycles. The fraction of sp³-hybridized carbons (Fsp3) is 0.657. The molecule has 0 aliphatic heterocycles. The van der Waals surface area contributed by atoms with E-state index in [2.05, 4.69) is 90.2 Å². The summed E-state index contributed by atoms with van der Waals surface area (Å²) in [6.07, 6.45) is 6.34. The number of nitrogens with one attached hydrogen (secondary N) is 1. The van der Waals surface area contributed by atoms with Crippen LogP contribution in [-0.2, 0) is 13.6 Å². The second kappa shape index (κ2) is 14.1. The van der Waals surface area contributed by atoms with Crippen molar-refractivity contribution in [2.45, 2.75) is 111 Å². The van der Waals surface area contributed by atoms with Crippen molar-refractivity contribution in [1.82, 2.24) is 5.32 Å². The van der Waals surface area contributed by atoms with Gasteiger partial charge in [-0.25, -0.2) is 0 Å². The minimum Gasteiger partial charge on any atom is -0.304 e. The molecule has 2 fully saturated rings. The lowest BCUT2D eigenvalue weighted by Crippen LogP contribution is -2.38. The maximum Gasteiger partial charge on any atom is 0.352 e. The Morgan fingerprint density at radius 3 is 1.52 bits per heavy atom. The molecule has 0 spiro atoms. The molecule has 4 nitrogen and oxygen atoms in total. The standard InChI is InChI=1S/C35H54NO3P/c1-24(2)31-20-18-26(5)22-33(31)38-40(37,39-34-23-27(6)19-21-32(34)25(3)4)35(30-16-12-9-13-17-30)36-28(7)29-14-10-8-11-15-29/h8-17,24-28,31-36H,18-23H2,1-7H3/t26-,27+,28-,31+,32+,33+,34+,35-,40?/m0/s1. The highest BCUT2D eigenvalue weighted by atomic mass is 31.2. The summed E-state index contributed by atoms with van der Waals surface area (Å²) in [7, 11) is -3.68. The summed E-state index contributed by atoms with van der Waals surface area (Å²) in [4.78, 5) is 0. The molecule has 1 N–H and O–H groups in total. The van der Waals surface area contributed by atoms with E-state index in [1.165, 1.54) is 12.8 Å². The Hall–Kier alpha value is -1.45. The number of rotatable bonds is 11. The van der Waals surface area contributed by atoms with Crippen molar-refractivity contribution >= 4 is 7.60 Å². The molecule has 0 aromatic heterocycles. The van der Waals surface area contributed by atoms with Crippen LogP contribution in [0.4, 0.5) is 0 Å². The van der Waals surface area contributed by atoms with E-state index in [9.17, 15) is 0 Å². The van der Waals surface area contributed by atoms with E-state index in [0.717, 1.165) is 36.8 Å². The van der Waals surface area contributed by atoms with E-state index < -0.39 is 13.4 Å². The van der Waals surface area contributed by atoms with Gasteiger partial charge in [-0.15, -0.1) is 0 Å². The first-order chi connectivity index (χ1) is 19.1. The SMILES string of the molecule is CC(C)[C@H]1CC[C@@H](C)C[C@H]1OP(=O)(O[C@@H]1C[C@@H](C)CC[C@@H]1C(C)C)[C@H](N[C@@H](C)c1ccccc1)c1ccccc1. The molecule has 0 heterocycles. The number of benzene rings is 2. The maximum atomic E-state index is 15.7. The molecule has 2 aromatic carbocycles. The number of hydrogen-bond donors (Lipinski definition) is 1. The van der Waals surface area contributed by atoms with Crippen LogP contribution in [0.3, 0.4) is 0 Å². The van der Waals surface area contributed by atoms with Gasteiger partial charge in [0.2, 0.25) is 0 Å². The smallest absolute Gasteiger partial charge is 0.304 e. The van der Waals surface area contributed by atoms with Gasteiger partial charge >= 0.3 is 7.60 Å². The van der Waals surface area contributed by atoms with Gasteiger partial charge in [-0.2, -0.15) is 0 Å². The average molecular weight is 568 g/mol. The van der Waals surface area contributed by atoms with Gasteiger partial charge in [0, 0.05) is 6.04 Å². The van der Waals surface area contributed by atoms with E-state index in [-0.39, 0.29) is 18.2 Å². The zero-order valence-electron chi connectivity index (χ0n) is 26.0. The lowest BCUT2D eigenvalue weighted by molar-refractivity contribution is -0.00718. The molecule has 4 rings (SSSR count). The zero-order chi connectivity index (χ0) is 28.9. The van der Waals surface area contributed by atoms with Gasteiger partial charge in [-0.05, 0) is 79.2 Å². The Morgan fingerprint density at radius 2 is 1.10 bits per heavy atom. The summed E-state index contributed by atoms with van der Waals surface area (Å²) in [6.45, 7) is 15.9. The van der Waals surface area contributed by atoms with Crippen molar-refractivity contribution in [2.75, 3.05) is 0 Å². The van der Waals surface area contributed by atoms with Crippen LogP contribution in [0.2, 0.25) is 0 Å². The Bertz CT molecular complexity index is 1040. The fourth-order valence-corrected chi connectivity index (χ4v) is 9.55. The highest BCUT2D eigenvalue weighted by molar-refractivity contribution is 7.54. The van der Waals surface area contributed by atoms with Crippen molar-refractivity contribution < 1.29 is 13.6 Å². The van der Waals surface area contributed by atoms with Crippen LogP contribution in [0.25, 0.3) is 0 Å². The molecule has 2 aliphatic rings. The Balaban J connectivity index is 1.76. The molecule has 9 atom stereocenters. The summed E-state index contributed by atoms with van der Waals surface area (Å²) in [6, 6.07) is 20.6. The topological polar surface area (TPSA) is 47.6 Å². The maximum absolute atomic E-state index is 15.7. The van der Waals surface area contributed by atoms with Gasteiger partial charge in [0.05, 0.1) is 12.2 Å². The van der Waals surface area contributed by atoms with E-state index in [1.807, 2.05) is 24.3 Å². The molecule has 1 unspecified atom stereocenters. The summed E-state index contributed by atoms with van der Waals surface area (Å²) in [5.41, 5.74) is 2.12. The van der Waals surface area contributed by atoms with Crippen molar-refractivity contribution in [3.8, 4) is 0 Å². The Labute approximate surface area is 244 Å². The summed E-state index contributed by atoms with van der Waals surface area (Å²) < 4.78 is 29.7. The first-order valence-electron chi connectivity index (χ1n) is 15.9. The van der Waals surface area contributed by atoms with Gasteiger partial charge in [0.15, 0.2) is 0 Å². The van der Waals surface area contributed by atoms with Crippen molar-refractivity contribution in [3.63, 3.8) is 0 Å². The molecular formula is C35H54NO3P. The Kier molecular flexibility index (Phi) is 11.1. The number of hydrogen-bond acceptors (Lipinski definition) is 4. The van der Waals surface area contributed by atoms with Crippen LogP contribution in [0.5, 0.6) is 0 Å². The van der Waals surface area contributed by atoms with E-state index in [1.54, 1.807) is 0 Å². The minimum atomic E-state index is -3.68. The average Bonchev–Trinajstić information content (AvgIpc) is 2.92. The third-order valence-electron chi connectivity index (χ3n) is 9.63. The second-order valence-corrected chi connectivity index (χ2v) is 15.6. The molecule has 0 bridgehead atoms. The molecule has 2 aliphatic carbocycles. The second-order valence-electron chi connectivity index (χ2n) is 13.6. The summed E-state index contributed by atoms with van der Waals surface area (Å²) in [5, 5.41) is 3.77. The van der Waals surface area contributed by atoms with Gasteiger partial charge in [-0.3, -0.25) is 9.88 Å². The van der Waals surface area contributed by atoms with Crippen LogP contribution in [0.1, 0.15) is 110 Å². The highest BCUT2D eigenvalue weighted by Crippen LogP contribution is 2.64. The lowest BCUT2D eigenvalue weighted by Gasteiger charge is -2.44. The van der Waals surface area contributed by atoms with E-state index >= 15 is 4.57 Å². The van der Waals surface area contributed by atoms with Gasteiger partial charge in [-0.1, -0.05) is 115 Å². The van der Waals surface area contributed by atoms with Crippen LogP contribution in [-0.4, -0.2) is 12.2 Å². The molecule has 2 aromatic rings. The predicted molar refractivity (Wildman–Crippen MR) is 167 cm³/mol. The third kappa shape index (κ3) is 7.88. The fourth-order valence-electron chi connectivity index (χ4n) is 7.08. The van der Waals surface area contributed by atoms with Crippen LogP contribution in [0, 0.1) is 35.5 Å². The molecule has 5 heteroatoms. The van der Waals surface area contributed by atoms with Crippen LogP contribution < -0.4 is 5.32 Å². The highest BCUT2D eigenvalue weighted by Gasteiger charge is 2.47. The third-order valence-corrected chi connectivity index (χ3v) is 11.8. The van der Waals surface area contributed by atoms with Gasteiger partial charge in [0.1, 0.15) is 5.78 Å². The van der Waals surface area contributed by atoms with Crippen LogP contribution >= 0.6 is 7.60 Å². The molecule has 0 amide bonds. The molecule has 0 saturated heterocycles. The monoisotopic (exact) mass is 567 g/mol. The quantitative estimate of drug-likeness (QED) is 0.274. The van der Waals surface area contributed by atoms with Crippen molar-refractivity contribution in [1.29, 1.82) is 0 Å². The zero-order valence-corrected chi connectivity index (χ0v) is 26.9. The first-order valence-corrected chi connectivity index (χ1v) is 17.5. The largest absolute Gasteiger partial charge is 0.352 e. The minimum absolute atomic E-state index is 0.0238. The molecule has 222 valence electrons. The Morgan fingerprint density at radius 1 is 0.675 bits per heavy atom. The molecular weight excluding hydrogens is 513 g/mol.